The first-order chi connectivity index (χ1) is 10.9. The quantitative estimate of drug-likeness (QED) is 0.879. The van der Waals surface area contributed by atoms with Gasteiger partial charge in [0.2, 0.25) is 5.91 Å². The Balaban J connectivity index is 1.89. The minimum absolute atomic E-state index is 0.117. The highest BCUT2D eigenvalue weighted by Gasteiger charge is 2.28. The fourth-order valence-electron chi connectivity index (χ4n) is 2.92. The van der Waals surface area contributed by atoms with E-state index in [-0.39, 0.29) is 11.9 Å². The van der Waals surface area contributed by atoms with Crippen molar-refractivity contribution in [2.24, 2.45) is 5.73 Å². The van der Waals surface area contributed by atoms with Crippen molar-refractivity contribution in [3.05, 3.63) is 29.3 Å². The van der Waals surface area contributed by atoms with Gasteiger partial charge in [-0.2, -0.15) is 0 Å². The summed E-state index contributed by atoms with van der Waals surface area (Å²) >= 11 is 5.91. The maximum atomic E-state index is 12.3. The van der Waals surface area contributed by atoms with Gasteiger partial charge in [-0.1, -0.05) is 11.6 Å². The minimum Gasteiger partial charge on any atom is -0.371 e. The highest BCUT2D eigenvalue weighted by Crippen LogP contribution is 2.23. The molecule has 0 unspecified atom stereocenters. The number of benzene rings is 1. The highest BCUT2D eigenvalue weighted by molar-refractivity contribution is 6.30. The number of hydrogen-bond donors (Lipinski definition) is 2. The number of carbonyl (C=O) groups is 2. The Morgan fingerprint density at radius 2 is 1.87 bits per heavy atom. The first-order valence-electron chi connectivity index (χ1n) is 7.71. The Morgan fingerprint density at radius 3 is 2.39 bits per heavy atom. The SMILES string of the molecule is C[C@@H](NC(N)=O)C(=O)N(C)C1CCN(c2ccc(Cl)cc2)CC1. The van der Waals surface area contributed by atoms with E-state index in [4.69, 9.17) is 17.3 Å². The monoisotopic (exact) mass is 338 g/mol. The molecule has 3 N–H and O–H groups in total. The first kappa shape index (κ1) is 17.4. The predicted octanol–water partition coefficient (Wildman–Crippen LogP) is 1.82. The van der Waals surface area contributed by atoms with Gasteiger partial charge < -0.3 is 20.9 Å². The number of anilines is 1. The largest absolute Gasteiger partial charge is 0.371 e. The Hall–Kier alpha value is -1.95. The summed E-state index contributed by atoms with van der Waals surface area (Å²) in [5.41, 5.74) is 6.21. The van der Waals surface area contributed by atoms with Crippen LogP contribution in [0.1, 0.15) is 19.8 Å². The smallest absolute Gasteiger partial charge is 0.312 e. The zero-order chi connectivity index (χ0) is 17.0. The summed E-state index contributed by atoms with van der Waals surface area (Å²) in [5, 5.41) is 3.15. The Morgan fingerprint density at radius 1 is 1.30 bits per heavy atom. The van der Waals surface area contributed by atoms with Crippen LogP contribution in [0.4, 0.5) is 10.5 Å². The van der Waals surface area contributed by atoms with E-state index in [2.05, 4.69) is 10.2 Å². The van der Waals surface area contributed by atoms with E-state index < -0.39 is 12.1 Å². The van der Waals surface area contributed by atoms with Gasteiger partial charge >= 0.3 is 6.03 Å². The van der Waals surface area contributed by atoms with Gasteiger partial charge in [0, 0.05) is 36.9 Å². The van der Waals surface area contributed by atoms with Gasteiger partial charge in [0.1, 0.15) is 6.04 Å². The van der Waals surface area contributed by atoms with Crippen molar-refractivity contribution in [1.82, 2.24) is 10.2 Å². The molecule has 0 saturated carbocycles. The number of nitrogens with one attached hydrogen (secondary N) is 1. The molecule has 1 aromatic rings. The Labute approximate surface area is 141 Å². The molecule has 0 aromatic heterocycles. The van der Waals surface area contributed by atoms with Crippen LogP contribution in [0.5, 0.6) is 0 Å². The van der Waals surface area contributed by atoms with Gasteiger partial charge in [-0.25, -0.2) is 4.79 Å². The van der Waals surface area contributed by atoms with Crippen LogP contribution in [0.3, 0.4) is 0 Å². The fraction of sp³-hybridized carbons (Fsp3) is 0.500. The molecule has 1 fully saturated rings. The van der Waals surface area contributed by atoms with E-state index >= 15 is 0 Å². The molecule has 1 heterocycles. The van der Waals surface area contributed by atoms with Crippen LogP contribution in [-0.4, -0.2) is 49.1 Å². The molecule has 1 aromatic carbocycles. The molecule has 3 amide bonds. The van der Waals surface area contributed by atoms with Crippen LogP contribution in [0.2, 0.25) is 5.02 Å². The molecule has 0 spiro atoms. The topological polar surface area (TPSA) is 78.7 Å². The second-order valence-corrected chi connectivity index (χ2v) is 6.31. The third-order valence-corrected chi connectivity index (χ3v) is 4.53. The maximum Gasteiger partial charge on any atom is 0.312 e. The van der Waals surface area contributed by atoms with Crippen LogP contribution >= 0.6 is 11.6 Å². The zero-order valence-corrected chi connectivity index (χ0v) is 14.2. The summed E-state index contributed by atoms with van der Waals surface area (Å²) in [5.74, 6) is -0.117. The number of amides is 3. The van der Waals surface area contributed by atoms with Crippen molar-refractivity contribution in [2.75, 3.05) is 25.0 Å². The van der Waals surface area contributed by atoms with Gasteiger partial charge in [-0.05, 0) is 44.0 Å². The molecule has 23 heavy (non-hydrogen) atoms. The molecule has 1 saturated heterocycles. The summed E-state index contributed by atoms with van der Waals surface area (Å²) in [4.78, 5) is 27.2. The highest BCUT2D eigenvalue weighted by atomic mass is 35.5. The van der Waals surface area contributed by atoms with Crippen molar-refractivity contribution >= 4 is 29.2 Å². The van der Waals surface area contributed by atoms with E-state index in [9.17, 15) is 9.59 Å². The number of carbonyl (C=O) groups excluding carboxylic acids is 2. The number of halogens is 1. The number of primary amides is 1. The van der Waals surface area contributed by atoms with E-state index in [0.717, 1.165) is 36.6 Å². The predicted molar refractivity (Wildman–Crippen MR) is 91.6 cm³/mol. The summed E-state index contributed by atoms with van der Waals surface area (Å²) in [6.07, 6.45) is 1.77. The molecule has 1 aliphatic heterocycles. The number of hydrogen-bond acceptors (Lipinski definition) is 3. The summed E-state index contributed by atoms with van der Waals surface area (Å²) in [6.45, 7) is 3.40. The first-order valence-corrected chi connectivity index (χ1v) is 8.09. The van der Waals surface area contributed by atoms with Gasteiger partial charge in [0.25, 0.3) is 0 Å². The molecule has 0 bridgehead atoms. The summed E-state index contributed by atoms with van der Waals surface area (Å²) < 4.78 is 0. The molecular weight excluding hydrogens is 316 g/mol. The molecule has 126 valence electrons. The van der Waals surface area contributed by atoms with Crippen LogP contribution in [0, 0.1) is 0 Å². The van der Waals surface area contributed by atoms with Crippen molar-refractivity contribution in [1.29, 1.82) is 0 Å². The van der Waals surface area contributed by atoms with Crippen LogP contribution in [0.25, 0.3) is 0 Å². The second kappa shape index (κ2) is 7.55. The standard InChI is InChI=1S/C16H23ClN4O2/c1-11(19-16(18)23)15(22)20(2)13-7-9-21(10-8-13)14-5-3-12(17)4-6-14/h3-6,11,13H,7-10H2,1-2H3,(H3,18,19,23)/t11-/m1/s1. The summed E-state index contributed by atoms with van der Waals surface area (Å²) in [6, 6.07) is 6.67. The number of urea groups is 1. The van der Waals surface area contributed by atoms with Gasteiger partial charge in [-0.3, -0.25) is 4.79 Å². The maximum absolute atomic E-state index is 12.3. The lowest BCUT2D eigenvalue weighted by atomic mass is 10.0. The van der Waals surface area contributed by atoms with E-state index in [1.807, 2.05) is 24.3 Å². The van der Waals surface area contributed by atoms with Crippen molar-refractivity contribution < 1.29 is 9.59 Å². The third kappa shape index (κ3) is 4.51. The van der Waals surface area contributed by atoms with Crippen LogP contribution < -0.4 is 16.0 Å². The van der Waals surface area contributed by atoms with Gasteiger partial charge in [0.05, 0.1) is 0 Å². The van der Waals surface area contributed by atoms with Gasteiger partial charge in [-0.15, -0.1) is 0 Å². The number of nitrogens with zero attached hydrogens (tertiary/aromatic N) is 2. The minimum atomic E-state index is -0.684. The lowest BCUT2D eigenvalue weighted by molar-refractivity contribution is -0.133. The van der Waals surface area contributed by atoms with E-state index in [1.165, 1.54) is 0 Å². The lowest BCUT2D eigenvalue weighted by Crippen LogP contribution is -2.52. The van der Waals surface area contributed by atoms with E-state index in [0.29, 0.717) is 0 Å². The number of rotatable bonds is 4. The molecule has 0 radical (unpaired) electrons. The fourth-order valence-corrected chi connectivity index (χ4v) is 3.05. The van der Waals surface area contributed by atoms with Crippen molar-refractivity contribution in [3.8, 4) is 0 Å². The van der Waals surface area contributed by atoms with Crippen LogP contribution in [-0.2, 0) is 4.79 Å². The molecular formula is C16H23ClN4O2. The van der Waals surface area contributed by atoms with Crippen LogP contribution in [0.15, 0.2) is 24.3 Å². The van der Waals surface area contributed by atoms with Crippen molar-refractivity contribution in [2.45, 2.75) is 31.8 Å². The molecule has 1 atom stereocenters. The summed E-state index contributed by atoms with van der Waals surface area (Å²) in [7, 11) is 1.78. The zero-order valence-electron chi connectivity index (χ0n) is 13.5. The van der Waals surface area contributed by atoms with Gasteiger partial charge in [0.15, 0.2) is 0 Å². The van der Waals surface area contributed by atoms with E-state index in [1.54, 1.807) is 18.9 Å². The Bertz CT molecular complexity index is 556. The third-order valence-electron chi connectivity index (χ3n) is 4.28. The molecule has 6 nitrogen and oxygen atoms in total. The molecule has 1 aliphatic rings. The molecule has 7 heteroatoms. The number of likely N-dealkylation sites (N-methyl/N-ethyl adjacent to an activating group) is 1. The second-order valence-electron chi connectivity index (χ2n) is 5.87. The molecule has 0 aliphatic carbocycles. The lowest BCUT2D eigenvalue weighted by Gasteiger charge is -2.38. The average Bonchev–Trinajstić information content (AvgIpc) is 2.53. The normalized spacial score (nSPS) is 16.7. The molecule has 2 rings (SSSR count). The number of piperidine rings is 1. The Kier molecular flexibility index (Phi) is 5.71. The average molecular weight is 339 g/mol. The van der Waals surface area contributed by atoms with Crippen molar-refractivity contribution in [3.63, 3.8) is 0 Å². The number of nitrogens with two attached hydrogens (primary N) is 1.